The van der Waals surface area contributed by atoms with E-state index in [2.05, 4.69) is 9.31 Å². The van der Waals surface area contributed by atoms with Crippen LogP contribution in [0.1, 0.15) is 0 Å². The van der Waals surface area contributed by atoms with Crippen molar-refractivity contribution >= 4 is 12.6 Å². The van der Waals surface area contributed by atoms with Gasteiger partial charge in [0.25, 0.3) is 0 Å². The Morgan fingerprint density at radius 2 is 0.758 bits per heavy atom. The van der Waals surface area contributed by atoms with Crippen molar-refractivity contribution in [3.05, 3.63) is 88.0 Å². The molecule has 0 fully saturated rings. The van der Waals surface area contributed by atoms with Gasteiger partial charge in [0.15, 0.2) is 23.1 Å². The zero-order valence-electron chi connectivity index (χ0n) is 15.2. The van der Waals surface area contributed by atoms with Crippen LogP contribution in [0.3, 0.4) is 0 Å². The summed E-state index contributed by atoms with van der Waals surface area (Å²) in [5, 5.41) is 0. The molecule has 15 heteroatoms. The van der Waals surface area contributed by atoms with E-state index >= 15 is 0 Å². The average Bonchev–Trinajstić information content (AvgIpc) is 2.79. The minimum atomic E-state index is -2.82. The van der Waals surface area contributed by atoms with E-state index in [-0.39, 0.29) is 6.07 Å². The number of hydrogen-bond donors (Lipinski definition) is 0. The molecule has 0 amide bonds. The molecule has 2 nitrogen and oxygen atoms in total. The Labute approximate surface area is 175 Å². The SMILES string of the molecule is Fc1ccc(B(Oc2c(F)c(F)c(F)c(F)c2F)Oc2c(F)c(F)c(F)c(F)c2F)cc1F. The second-order valence-corrected chi connectivity index (χ2v) is 6.04. The number of halogens is 12. The fourth-order valence-electron chi connectivity index (χ4n) is 2.41. The Morgan fingerprint density at radius 1 is 0.424 bits per heavy atom. The van der Waals surface area contributed by atoms with Gasteiger partial charge in [0.1, 0.15) is 0 Å². The van der Waals surface area contributed by atoms with E-state index in [4.69, 9.17) is 0 Å². The monoisotopic (exact) mass is 490 g/mol. The summed E-state index contributed by atoms with van der Waals surface area (Å²) < 4.78 is 172. The van der Waals surface area contributed by atoms with Crippen molar-refractivity contribution in [3.63, 3.8) is 0 Å². The quantitative estimate of drug-likeness (QED) is 0.212. The van der Waals surface area contributed by atoms with Crippen LogP contribution in [0.5, 0.6) is 11.5 Å². The second kappa shape index (κ2) is 8.79. The standard InChI is InChI=1S/C18H3BF12O2/c20-5-2-1-4(3-6(5)21)19(32-17-13(28)9(24)7(22)10(25)14(17)29)33-18-15(30)11(26)8(23)12(27)16(18)31/h1-3H. The van der Waals surface area contributed by atoms with Gasteiger partial charge in [-0.15, -0.1) is 0 Å². The van der Waals surface area contributed by atoms with E-state index in [9.17, 15) is 52.7 Å². The van der Waals surface area contributed by atoms with Crippen LogP contribution >= 0.6 is 0 Å². The molecular weight excluding hydrogens is 487 g/mol. The van der Waals surface area contributed by atoms with Gasteiger partial charge in [-0.2, -0.15) is 17.6 Å². The van der Waals surface area contributed by atoms with Crippen molar-refractivity contribution in [2.75, 3.05) is 0 Å². The molecule has 3 aromatic carbocycles. The maximum atomic E-state index is 13.9. The van der Waals surface area contributed by atoms with Crippen LogP contribution < -0.4 is 14.8 Å². The Hall–Kier alpha value is -3.52. The van der Waals surface area contributed by atoms with Crippen molar-refractivity contribution in [3.8, 4) is 11.5 Å². The van der Waals surface area contributed by atoms with Gasteiger partial charge in [0, 0.05) is 5.46 Å². The van der Waals surface area contributed by atoms with Crippen molar-refractivity contribution in [2.24, 2.45) is 0 Å². The predicted octanol–water partition coefficient (Wildman–Crippen LogP) is 5.21. The number of hydrogen-bond acceptors (Lipinski definition) is 2. The Kier molecular flexibility index (Phi) is 6.43. The highest BCUT2D eigenvalue weighted by Crippen LogP contribution is 2.32. The smallest absolute Gasteiger partial charge is 0.518 e. The first-order valence-electron chi connectivity index (χ1n) is 8.17. The number of rotatable bonds is 5. The van der Waals surface area contributed by atoms with Crippen LogP contribution in [-0.4, -0.2) is 7.12 Å². The summed E-state index contributed by atoms with van der Waals surface area (Å²) >= 11 is 0. The van der Waals surface area contributed by atoms with Crippen LogP contribution in [-0.2, 0) is 0 Å². The maximum absolute atomic E-state index is 13.9. The van der Waals surface area contributed by atoms with Crippen molar-refractivity contribution in [1.29, 1.82) is 0 Å². The van der Waals surface area contributed by atoms with Gasteiger partial charge in [-0.05, 0) is 12.1 Å². The summed E-state index contributed by atoms with van der Waals surface area (Å²) in [5.41, 5.74) is -0.929. The molecule has 0 aliphatic rings. The molecule has 0 bridgehead atoms. The molecule has 33 heavy (non-hydrogen) atoms. The molecule has 0 saturated heterocycles. The lowest BCUT2D eigenvalue weighted by molar-refractivity contribution is 0.316. The molecule has 0 N–H and O–H groups in total. The molecule has 0 radical (unpaired) electrons. The average molecular weight is 490 g/mol. The third-order valence-electron chi connectivity index (χ3n) is 4.00. The van der Waals surface area contributed by atoms with Gasteiger partial charge in [-0.25, -0.2) is 35.1 Å². The lowest BCUT2D eigenvalue weighted by Crippen LogP contribution is -2.44. The molecule has 3 aromatic rings. The molecule has 0 atom stereocenters. The molecular formula is C18H3BF12O2. The zero-order valence-corrected chi connectivity index (χ0v) is 15.2. The van der Waals surface area contributed by atoms with E-state index in [0.29, 0.717) is 12.1 Å². The summed E-state index contributed by atoms with van der Waals surface area (Å²) in [4.78, 5) is 0. The second-order valence-electron chi connectivity index (χ2n) is 6.04. The summed E-state index contributed by atoms with van der Waals surface area (Å²) in [6.45, 7) is 0. The van der Waals surface area contributed by atoms with Gasteiger partial charge in [0.05, 0.1) is 0 Å². The minimum Gasteiger partial charge on any atom is -0.518 e. The van der Waals surface area contributed by atoms with Crippen molar-refractivity contribution < 1.29 is 62.0 Å². The summed E-state index contributed by atoms with van der Waals surface area (Å²) in [7, 11) is -2.82. The highest BCUT2D eigenvalue weighted by molar-refractivity contribution is 6.62. The van der Waals surface area contributed by atoms with Crippen LogP contribution in [0.4, 0.5) is 52.7 Å². The topological polar surface area (TPSA) is 18.5 Å². The van der Waals surface area contributed by atoms with Crippen molar-refractivity contribution in [2.45, 2.75) is 0 Å². The Morgan fingerprint density at radius 3 is 1.09 bits per heavy atom. The fourth-order valence-corrected chi connectivity index (χ4v) is 2.41. The van der Waals surface area contributed by atoms with Crippen LogP contribution in [0.15, 0.2) is 18.2 Å². The summed E-state index contributed by atoms with van der Waals surface area (Å²) in [5.74, 6) is -33.4. The first kappa shape index (κ1) is 24.1. The molecule has 0 aromatic heterocycles. The van der Waals surface area contributed by atoms with E-state index < -0.39 is 93.9 Å². The summed E-state index contributed by atoms with van der Waals surface area (Å²) in [6.07, 6.45) is 0. The largest absolute Gasteiger partial charge is 0.633 e. The molecule has 0 heterocycles. The fraction of sp³-hybridized carbons (Fsp3) is 0. The minimum absolute atomic E-state index is 0.137. The van der Waals surface area contributed by atoms with Crippen molar-refractivity contribution in [1.82, 2.24) is 0 Å². The van der Waals surface area contributed by atoms with Gasteiger partial charge in [0.2, 0.25) is 58.2 Å². The van der Waals surface area contributed by atoms with E-state index in [0.717, 1.165) is 0 Å². The molecule has 0 aliphatic carbocycles. The molecule has 0 spiro atoms. The van der Waals surface area contributed by atoms with Gasteiger partial charge in [-0.1, -0.05) is 6.07 Å². The van der Waals surface area contributed by atoms with E-state index in [1.807, 2.05) is 0 Å². The molecule has 0 aliphatic heterocycles. The van der Waals surface area contributed by atoms with Gasteiger partial charge in [-0.3, -0.25) is 0 Å². The Bertz CT molecular complexity index is 1140. The molecule has 0 unspecified atom stereocenters. The first-order chi connectivity index (χ1) is 15.4. The molecule has 174 valence electrons. The van der Waals surface area contributed by atoms with Crippen LogP contribution in [0, 0.1) is 69.8 Å². The first-order valence-corrected chi connectivity index (χ1v) is 8.17. The number of benzene rings is 3. The van der Waals surface area contributed by atoms with Crippen LogP contribution in [0.2, 0.25) is 0 Å². The highest BCUT2D eigenvalue weighted by Gasteiger charge is 2.37. The van der Waals surface area contributed by atoms with Gasteiger partial charge >= 0.3 is 7.12 Å². The zero-order chi connectivity index (χ0) is 24.8. The highest BCUT2D eigenvalue weighted by atomic mass is 19.2. The van der Waals surface area contributed by atoms with Gasteiger partial charge < -0.3 is 9.31 Å². The third kappa shape index (κ3) is 4.14. The third-order valence-corrected chi connectivity index (χ3v) is 4.00. The van der Waals surface area contributed by atoms with E-state index in [1.165, 1.54) is 0 Å². The lowest BCUT2D eigenvalue weighted by Gasteiger charge is -2.19. The Balaban J connectivity index is 2.19. The van der Waals surface area contributed by atoms with E-state index in [1.54, 1.807) is 0 Å². The van der Waals surface area contributed by atoms with Crippen LogP contribution in [0.25, 0.3) is 0 Å². The lowest BCUT2D eigenvalue weighted by atomic mass is 9.78. The normalized spacial score (nSPS) is 11.0. The predicted molar refractivity (Wildman–Crippen MR) is 85.5 cm³/mol. The molecule has 3 rings (SSSR count). The molecule has 0 saturated carbocycles. The summed E-state index contributed by atoms with van der Waals surface area (Å²) in [6, 6.07) is 0.959. The maximum Gasteiger partial charge on any atom is 0.633 e.